The summed E-state index contributed by atoms with van der Waals surface area (Å²) in [5.41, 5.74) is -0.457. The van der Waals surface area contributed by atoms with E-state index in [2.05, 4.69) is 20.3 Å². The Morgan fingerprint density at radius 1 is 1.38 bits per heavy atom. The van der Waals surface area contributed by atoms with Crippen LogP contribution < -0.4 is 5.32 Å². The average Bonchev–Trinajstić information content (AvgIpc) is 3.19. The summed E-state index contributed by atoms with van der Waals surface area (Å²) in [4.78, 5) is 20.9. The zero-order valence-electron chi connectivity index (χ0n) is 15.7. The topological polar surface area (TPSA) is 75.0 Å². The molecule has 1 N–H and O–H groups in total. The van der Waals surface area contributed by atoms with Crippen LogP contribution in [0.4, 0.5) is 4.79 Å². The van der Waals surface area contributed by atoms with E-state index in [0.29, 0.717) is 13.1 Å². The van der Waals surface area contributed by atoms with Gasteiger partial charge < -0.3 is 19.9 Å². The Kier molecular flexibility index (Phi) is 7.13. The zero-order valence-corrected chi connectivity index (χ0v) is 18.1. The van der Waals surface area contributed by atoms with Gasteiger partial charge in [0.15, 0.2) is 5.96 Å². The van der Waals surface area contributed by atoms with Crippen LogP contribution in [0.2, 0.25) is 0 Å². The number of amides is 1. The summed E-state index contributed by atoms with van der Waals surface area (Å²) in [6.45, 7) is 10.3. The Hall–Kier alpha value is -1.52. The van der Waals surface area contributed by atoms with Crippen molar-refractivity contribution in [3.05, 3.63) is 18.5 Å². The molecule has 0 bridgehead atoms. The minimum absolute atomic E-state index is 0. The van der Waals surface area contributed by atoms with Crippen LogP contribution in [0.1, 0.15) is 27.2 Å². The minimum Gasteiger partial charge on any atom is -0.444 e. The molecule has 1 aromatic heterocycles. The van der Waals surface area contributed by atoms with Gasteiger partial charge in [-0.15, -0.1) is 24.0 Å². The molecule has 8 nitrogen and oxygen atoms in total. The first kappa shape index (κ1) is 20.8. The van der Waals surface area contributed by atoms with Crippen molar-refractivity contribution in [1.82, 2.24) is 24.9 Å². The number of hydrogen-bond acceptors (Lipinski definition) is 6. The van der Waals surface area contributed by atoms with Crippen LogP contribution in [0.15, 0.2) is 23.5 Å². The molecule has 146 valence electrons. The van der Waals surface area contributed by atoms with Crippen molar-refractivity contribution in [3.8, 4) is 0 Å². The van der Waals surface area contributed by atoms with Gasteiger partial charge in [0, 0.05) is 45.1 Å². The molecular weight excluding hydrogens is 447 g/mol. The van der Waals surface area contributed by atoms with Gasteiger partial charge in [-0.25, -0.2) is 4.79 Å². The molecule has 2 aliphatic heterocycles. The van der Waals surface area contributed by atoms with Crippen molar-refractivity contribution in [2.45, 2.75) is 45.4 Å². The summed E-state index contributed by atoms with van der Waals surface area (Å²) in [6, 6.07) is 2.18. The molecule has 1 saturated heterocycles. The van der Waals surface area contributed by atoms with Crippen LogP contribution in [-0.2, 0) is 11.3 Å². The lowest BCUT2D eigenvalue weighted by atomic mass is 10.2. The highest BCUT2D eigenvalue weighted by molar-refractivity contribution is 14.0. The van der Waals surface area contributed by atoms with Gasteiger partial charge in [-0.2, -0.15) is 5.10 Å². The number of ether oxygens (including phenoxy) is 1. The summed E-state index contributed by atoms with van der Waals surface area (Å²) in [5.74, 6) is 0.953. The maximum atomic E-state index is 12.2. The van der Waals surface area contributed by atoms with Crippen LogP contribution >= 0.6 is 24.0 Å². The van der Waals surface area contributed by atoms with E-state index < -0.39 is 5.60 Å². The summed E-state index contributed by atoms with van der Waals surface area (Å²) in [5, 5.41) is 7.63. The van der Waals surface area contributed by atoms with Gasteiger partial charge in [-0.3, -0.25) is 9.67 Å². The number of nitrogens with zero attached hydrogens (tertiary/aromatic N) is 5. The van der Waals surface area contributed by atoms with E-state index in [0.717, 1.165) is 38.6 Å². The number of nitrogens with one attached hydrogen (secondary N) is 1. The minimum atomic E-state index is -0.457. The second-order valence-electron chi connectivity index (χ2n) is 7.49. The number of guanidine groups is 1. The number of aliphatic imine (C=N–C) groups is 1. The molecule has 3 rings (SSSR count). The molecule has 2 aliphatic rings. The highest BCUT2D eigenvalue weighted by Crippen LogP contribution is 2.18. The predicted molar refractivity (Wildman–Crippen MR) is 111 cm³/mol. The van der Waals surface area contributed by atoms with E-state index in [-0.39, 0.29) is 36.1 Å². The second-order valence-corrected chi connectivity index (χ2v) is 7.49. The molecule has 1 atom stereocenters. The summed E-state index contributed by atoms with van der Waals surface area (Å²) >= 11 is 0. The molecule has 0 spiro atoms. The monoisotopic (exact) mass is 476 g/mol. The first-order valence-corrected chi connectivity index (χ1v) is 8.93. The van der Waals surface area contributed by atoms with Crippen LogP contribution in [0.3, 0.4) is 0 Å². The molecule has 1 amide bonds. The molecule has 26 heavy (non-hydrogen) atoms. The number of piperazine rings is 1. The van der Waals surface area contributed by atoms with Gasteiger partial charge in [0.2, 0.25) is 0 Å². The third kappa shape index (κ3) is 5.49. The fourth-order valence-electron chi connectivity index (χ4n) is 3.10. The van der Waals surface area contributed by atoms with E-state index in [1.54, 1.807) is 11.1 Å². The van der Waals surface area contributed by atoms with Crippen LogP contribution in [0, 0.1) is 0 Å². The van der Waals surface area contributed by atoms with Crippen molar-refractivity contribution in [2.75, 3.05) is 32.7 Å². The molecular formula is C17H29IN6O2. The number of carbonyl (C=O) groups is 1. The zero-order chi connectivity index (χ0) is 17.9. The number of halogens is 1. The molecule has 1 aromatic rings. The van der Waals surface area contributed by atoms with E-state index >= 15 is 0 Å². The Morgan fingerprint density at radius 3 is 2.88 bits per heavy atom. The molecule has 1 fully saturated rings. The van der Waals surface area contributed by atoms with Crippen LogP contribution in [0.5, 0.6) is 0 Å². The van der Waals surface area contributed by atoms with Crippen molar-refractivity contribution in [3.63, 3.8) is 0 Å². The third-order valence-corrected chi connectivity index (χ3v) is 4.26. The quantitative estimate of drug-likeness (QED) is 0.530. The van der Waals surface area contributed by atoms with Crippen molar-refractivity contribution in [1.29, 1.82) is 0 Å². The van der Waals surface area contributed by atoms with Crippen LogP contribution in [-0.4, -0.2) is 76.0 Å². The Labute approximate surface area is 172 Å². The van der Waals surface area contributed by atoms with Gasteiger partial charge >= 0.3 is 6.09 Å². The van der Waals surface area contributed by atoms with Gasteiger partial charge in [-0.1, -0.05) is 0 Å². The van der Waals surface area contributed by atoms with E-state index in [1.807, 2.05) is 37.7 Å². The largest absolute Gasteiger partial charge is 0.444 e. The summed E-state index contributed by atoms with van der Waals surface area (Å²) in [7, 11) is 0. The van der Waals surface area contributed by atoms with Crippen molar-refractivity contribution in [2.24, 2.45) is 4.99 Å². The lowest BCUT2D eigenvalue weighted by Crippen LogP contribution is -2.57. The van der Waals surface area contributed by atoms with E-state index in [4.69, 9.17) is 4.74 Å². The Morgan fingerprint density at radius 2 is 2.19 bits per heavy atom. The number of carbonyl (C=O) groups excluding carboxylic acids is 1. The summed E-state index contributed by atoms with van der Waals surface area (Å²) < 4.78 is 7.41. The fraction of sp³-hybridized carbons (Fsp3) is 0.706. The number of fused-ring (bicyclic) bond motifs is 1. The van der Waals surface area contributed by atoms with Gasteiger partial charge in [0.25, 0.3) is 0 Å². The van der Waals surface area contributed by atoms with Crippen molar-refractivity contribution < 1.29 is 9.53 Å². The first-order chi connectivity index (χ1) is 11.9. The van der Waals surface area contributed by atoms with E-state index in [1.165, 1.54) is 0 Å². The molecule has 0 aliphatic carbocycles. The molecule has 0 aromatic carbocycles. The average molecular weight is 476 g/mol. The number of aryl methyl sites for hydroxylation is 1. The molecule has 1 unspecified atom stereocenters. The number of hydrogen-bond donors (Lipinski definition) is 1. The highest BCUT2D eigenvalue weighted by atomic mass is 127. The van der Waals surface area contributed by atoms with Gasteiger partial charge in [0.1, 0.15) is 5.60 Å². The predicted octanol–water partition coefficient (Wildman–Crippen LogP) is 1.77. The maximum Gasteiger partial charge on any atom is 0.410 e. The molecule has 9 heteroatoms. The molecule has 0 saturated carbocycles. The number of aromatic nitrogens is 2. The molecule has 0 radical (unpaired) electrons. The Bertz CT molecular complexity index is 613. The smallest absolute Gasteiger partial charge is 0.410 e. The molecule has 3 heterocycles. The highest BCUT2D eigenvalue weighted by Gasteiger charge is 2.36. The third-order valence-electron chi connectivity index (χ3n) is 4.26. The van der Waals surface area contributed by atoms with Gasteiger partial charge in [-0.05, 0) is 33.3 Å². The fourth-order valence-corrected chi connectivity index (χ4v) is 3.10. The summed E-state index contributed by atoms with van der Waals surface area (Å²) in [6.07, 6.45) is 4.53. The second kappa shape index (κ2) is 8.92. The maximum absolute atomic E-state index is 12.2. The number of rotatable bonds is 4. The first-order valence-electron chi connectivity index (χ1n) is 8.93. The lowest BCUT2D eigenvalue weighted by Gasteiger charge is -2.39. The van der Waals surface area contributed by atoms with Crippen molar-refractivity contribution >= 4 is 36.0 Å². The lowest BCUT2D eigenvalue weighted by molar-refractivity contribution is 0.0137. The SMILES string of the molecule is CC(C)(C)OC(=O)N1CCN2C(NCCCn3cccn3)=NCC2C1.I. The Balaban J connectivity index is 0.00000243. The van der Waals surface area contributed by atoms with Gasteiger partial charge in [0.05, 0.1) is 12.6 Å². The van der Waals surface area contributed by atoms with Crippen LogP contribution in [0.25, 0.3) is 0 Å². The van der Waals surface area contributed by atoms with E-state index in [9.17, 15) is 4.79 Å². The standard InChI is InChI=1S/C17H28N6O2.HI/c1-17(2,3)25-16(24)21-10-11-23-14(13-21)12-19-15(23)18-6-4-8-22-9-5-7-20-22;/h5,7,9,14H,4,6,8,10-13H2,1-3H3,(H,18,19);1H. The normalized spacial score (nSPS) is 19.5.